The second-order valence-electron chi connectivity index (χ2n) is 2.86. The van der Waals surface area contributed by atoms with Gasteiger partial charge in [0.1, 0.15) is 6.10 Å². The third-order valence-corrected chi connectivity index (χ3v) is 2.87. The van der Waals surface area contributed by atoms with E-state index in [0.717, 1.165) is 6.42 Å². The summed E-state index contributed by atoms with van der Waals surface area (Å²) in [7, 11) is -3.28. The van der Waals surface area contributed by atoms with E-state index in [0.29, 0.717) is 13.0 Å². The first-order valence-corrected chi connectivity index (χ1v) is 5.70. The second kappa shape index (κ2) is 4.20. The lowest BCUT2D eigenvalue weighted by atomic mass is 10.4. The monoisotopic (exact) mass is 194 g/mol. The largest absolute Gasteiger partial charge is 0.371 e. The Morgan fingerprint density at radius 1 is 1.58 bits per heavy atom. The Morgan fingerprint density at radius 3 is 2.75 bits per heavy atom. The van der Waals surface area contributed by atoms with Crippen LogP contribution in [-0.4, -0.2) is 33.5 Å². The number of unbranched alkanes of at least 4 members (excludes halogenated alkanes) is 1. The van der Waals surface area contributed by atoms with Crippen molar-refractivity contribution in [3.8, 4) is 0 Å². The van der Waals surface area contributed by atoms with Gasteiger partial charge in [0.25, 0.3) is 10.1 Å². The summed E-state index contributed by atoms with van der Waals surface area (Å²) in [6.45, 7) is 2.76. The molecule has 0 aliphatic carbocycles. The number of hydrogen-bond donors (Lipinski definition) is 0. The Hall–Kier alpha value is -0.130. The Bertz CT molecular complexity index is 218. The van der Waals surface area contributed by atoms with Crippen molar-refractivity contribution in [2.75, 3.05) is 19.0 Å². The van der Waals surface area contributed by atoms with E-state index < -0.39 is 10.1 Å². The highest BCUT2D eigenvalue weighted by Gasteiger charge is 2.25. The van der Waals surface area contributed by atoms with Gasteiger partial charge in [-0.1, -0.05) is 13.3 Å². The van der Waals surface area contributed by atoms with E-state index in [1.807, 2.05) is 6.92 Å². The number of epoxide rings is 1. The maximum absolute atomic E-state index is 11.0. The maximum atomic E-state index is 11.0. The normalized spacial score (nSPS) is 22.6. The highest BCUT2D eigenvalue weighted by molar-refractivity contribution is 7.86. The zero-order valence-electron chi connectivity index (χ0n) is 7.15. The standard InChI is InChI=1S/C7H14O4S/c1-2-3-4-12(8,9)11-6-7-5-10-7/h7H,2-6H2,1H3/t7-/m1/s1. The van der Waals surface area contributed by atoms with Crippen molar-refractivity contribution in [2.45, 2.75) is 25.9 Å². The first-order valence-electron chi connectivity index (χ1n) is 4.13. The van der Waals surface area contributed by atoms with E-state index in [1.165, 1.54) is 0 Å². The van der Waals surface area contributed by atoms with Crippen molar-refractivity contribution < 1.29 is 17.3 Å². The molecule has 1 rings (SSSR count). The molecule has 1 fully saturated rings. The highest BCUT2D eigenvalue weighted by atomic mass is 32.2. The van der Waals surface area contributed by atoms with Gasteiger partial charge in [0.2, 0.25) is 0 Å². The molecule has 1 atom stereocenters. The molecule has 1 saturated heterocycles. The van der Waals surface area contributed by atoms with Gasteiger partial charge in [-0.25, -0.2) is 0 Å². The Balaban J connectivity index is 2.17. The molecule has 0 saturated carbocycles. The predicted molar refractivity (Wildman–Crippen MR) is 44.4 cm³/mol. The van der Waals surface area contributed by atoms with Crippen molar-refractivity contribution in [3.05, 3.63) is 0 Å². The van der Waals surface area contributed by atoms with Gasteiger partial charge in [0.05, 0.1) is 19.0 Å². The van der Waals surface area contributed by atoms with Gasteiger partial charge in [0.15, 0.2) is 0 Å². The molecule has 0 aromatic carbocycles. The van der Waals surface area contributed by atoms with Crippen LogP contribution in [0.25, 0.3) is 0 Å². The van der Waals surface area contributed by atoms with E-state index in [2.05, 4.69) is 0 Å². The van der Waals surface area contributed by atoms with Gasteiger partial charge in [-0.05, 0) is 6.42 Å². The molecule has 0 aromatic heterocycles. The number of rotatable bonds is 6. The van der Waals surface area contributed by atoms with Crippen molar-refractivity contribution in [3.63, 3.8) is 0 Å². The molecule has 0 aromatic rings. The predicted octanol–water partition coefficient (Wildman–Crippen LogP) is 0.532. The summed E-state index contributed by atoms with van der Waals surface area (Å²) < 4.78 is 31.6. The van der Waals surface area contributed by atoms with Crippen LogP contribution in [0, 0.1) is 0 Å². The quantitative estimate of drug-likeness (QED) is 0.457. The summed E-state index contributed by atoms with van der Waals surface area (Å²) in [5.74, 6) is 0.121. The zero-order valence-corrected chi connectivity index (χ0v) is 7.97. The lowest BCUT2D eigenvalue weighted by Crippen LogP contribution is -2.13. The van der Waals surface area contributed by atoms with Crippen molar-refractivity contribution >= 4 is 10.1 Å². The van der Waals surface area contributed by atoms with Gasteiger partial charge in [-0.15, -0.1) is 0 Å². The second-order valence-corrected chi connectivity index (χ2v) is 4.61. The molecule has 72 valence electrons. The van der Waals surface area contributed by atoms with Crippen LogP contribution < -0.4 is 0 Å². The molecule has 0 spiro atoms. The third kappa shape index (κ3) is 4.04. The van der Waals surface area contributed by atoms with E-state index in [9.17, 15) is 8.42 Å². The third-order valence-electron chi connectivity index (χ3n) is 1.58. The molecule has 0 N–H and O–H groups in total. The van der Waals surface area contributed by atoms with Crippen LogP contribution >= 0.6 is 0 Å². The van der Waals surface area contributed by atoms with Crippen LogP contribution in [0.1, 0.15) is 19.8 Å². The highest BCUT2D eigenvalue weighted by Crippen LogP contribution is 2.10. The van der Waals surface area contributed by atoms with E-state index in [-0.39, 0.29) is 18.5 Å². The van der Waals surface area contributed by atoms with Gasteiger partial charge < -0.3 is 4.74 Å². The fourth-order valence-electron chi connectivity index (χ4n) is 0.724. The fourth-order valence-corrected chi connectivity index (χ4v) is 1.84. The average molecular weight is 194 g/mol. The van der Waals surface area contributed by atoms with Crippen LogP contribution in [0.5, 0.6) is 0 Å². The molecular formula is C7H14O4S. The SMILES string of the molecule is CCCCS(=O)(=O)OC[C@H]1CO1. The maximum Gasteiger partial charge on any atom is 0.267 e. The van der Waals surface area contributed by atoms with Gasteiger partial charge in [0, 0.05) is 0 Å². The molecule has 0 bridgehead atoms. The lowest BCUT2D eigenvalue weighted by molar-refractivity contribution is 0.266. The Labute approximate surface area is 73.0 Å². The summed E-state index contributed by atoms with van der Waals surface area (Å²) in [6, 6.07) is 0. The lowest BCUT2D eigenvalue weighted by Gasteiger charge is -2.01. The molecule has 0 radical (unpaired) electrons. The van der Waals surface area contributed by atoms with Crippen LogP contribution in [0.4, 0.5) is 0 Å². The van der Waals surface area contributed by atoms with E-state index in [1.54, 1.807) is 0 Å². The zero-order chi connectivity index (χ0) is 9.03. The van der Waals surface area contributed by atoms with Gasteiger partial charge in [-0.3, -0.25) is 4.18 Å². The Kier molecular flexibility index (Phi) is 3.49. The minimum absolute atomic E-state index is 0.0152. The molecule has 1 aliphatic heterocycles. The van der Waals surface area contributed by atoms with Crippen molar-refractivity contribution in [2.24, 2.45) is 0 Å². The van der Waals surface area contributed by atoms with Crippen LogP contribution in [0.3, 0.4) is 0 Å². The molecule has 12 heavy (non-hydrogen) atoms. The Morgan fingerprint density at radius 2 is 2.25 bits per heavy atom. The summed E-state index contributed by atoms with van der Waals surface area (Å²) in [5.41, 5.74) is 0. The van der Waals surface area contributed by atoms with Gasteiger partial charge in [-0.2, -0.15) is 8.42 Å². The number of ether oxygens (including phenoxy) is 1. The smallest absolute Gasteiger partial charge is 0.267 e. The van der Waals surface area contributed by atoms with Crippen LogP contribution in [0.2, 0.25) is 0 Å². The van der Waals surface area contributed by atoms with Gasteiger partial charge >= 0.3 is 0 Å². The van der Waals surface area contributed by atoms with E-state index in [4.69, 9.17) is 8.92 Å². The van der Waals surface area contributed by atoms with Crippen molar-refractivity contribution in [1.82, 2.24) is 0 Å². The summed E-state index contributed by atoms with van der Waals surface area (Å²) in [5, 5.41) is 0. The van der Waals surface area contributed by atoms with Crippen LogP contribution in [-0.2, 0) is 19.0 Å². The molecule has 1 heterocycles. The molecule has 0 amide bonds. The molecule has 5 heteroatoms. The fraction of sp³-hybridized carbons (Fsp3) is 1.00. The summed E-state index contributed by atoms with van der Waals surface area (Å²) in [4.78, 5) is 0. The minimum Gasteiger partial charge on any atom is -0.371 e. The molecule has 1 aliphatic rings. The topological polar surface area (TPSA) is 55.9 Å². The summed E-state index contributed by atoms with van der Waals surface area (Å²) >= 11 is 0. The van der Waals surface area contributed by atoms with E-state index >= 15 is 0 Å². The first-order chi connectivity index (χ1) is 5.64. The minimum atomic E-state index is -3.28. The van der Waals surface area contributed by atoms with Crippen molar-refractivity contribution in [1.29, 1.82) is 0 Å². The van der Waals surface area contributed by atoms with Crippen LogP contribution in [0.15, 0.2) is 0 Å². The molecular weight excluding hydrogens is 180 g/mol. The average Bonchev–Trinajstić information content (AvgIpc) is 2.81. The molecule has 0 unspecified atom stereocenters. The summed E-state index contributed by atoms with van der Waals surface area (Å²) in [6.07, 6.45) is 1.54. The molecule has 4 nitrogen and oxygen atoms in total. The number of hydrogen-bond acceptors (Lipinski definition) is 4. The first kappa shape index (κ1) is 9.95.